The number of amides is 2. The van der Waals surface area contributed by atoms with Crippen molar-refractivity contribution >= 4 is 11.8 Å². The van der Waals surface area contributed by atoms with E-state index in [1.807, 2.05) is 0 Å². The smallest absolute Gasteiger partial charge is 0.250 e. The second kappa shape index (κ2) is 4.42. The number of carbonyl (C=O) groups excluding carboxylic acids is 2. The summed E-state index contributed by atoms with van der Waals surface area (Å²) < 4.78 is 0. The minimum atomic E-state index is -1.04. The molecule has 0 unspecified atom stereocenters. The van der Waals surface area contributed by atoms with Gasteiger partial charge in [0.1, 0.15) is 5.92 Å². The van der Waals surface area contributed by atoms with Gasteiger partial charge >= 0.3 is 0 Å². The van der Waals surface area contributed by atoms with E-state index in [0.717, 1.165) is 6.08 Å². The summed E-state index contributed by atoms with van der Waals surface area (Å²) in [6, 6.07) is 0. The maximum Gasteiger partial charge on any atom is 0.250 e. The molecule has 0 saturated carbocycles. The highest BCUT2D eigenvalue weighted by Crippen LogP contribution is 1.95. The van der Waals surface area contributed by atoms with Gasteiger partial charge in [0.15, 0.2) is 0 Å². The van der Waals surface area contributed by atoms with Crippen molar-refractivity contribution in [3.8, 4) is 0 Å². The first-order valence-corrected chi connectivity index (χ1v) is 2.80. The van der Waals surface area contributed by atoms with Crippen LogP contribution in [0.3, 0.4) is 0 Å². The van der Waals surface area contributed by atoms with Gasteiger partial charge in [-0.3, -0.25) is 20.4 Å². The van der Waals surface area contributed by atoms with Crippen LogP contribution in [-0.2, 0) is 9.59 Å². The molecule has 11 heavy (non-hydrogen) atoms. The minimum absolute atomic E-state index is 0.650. The van der Waals surface area contributed by atoms with Gasteiger partial charge in [-0.25, -0.2) is 11.7 Å². The number of nitrogens with two attached hydrogens (primary N) is 2. The molecule has 0 rings (SSSR count). The Morgan fingerprint density at radius 2 is 1.64 bits per heavy atom. The first-order chi connectivity index (χ1) is 5.17. The van der Waals surface area contributed by atoms with E-state index in [-0.39, 0.29) is 0 Å². The normalized spacial score (nSPS) is 9.00. The van der Waals surface area contributed by atoms with E-state index >= 15 is 0 Å². The molecule has 0 spiro atoms. The zero-order valence-electron chi connectivity index (χ0n) is 5.83. The Morgan fingerprint density at radius 3 is 1.82 bits per heavy atom. The molecule has 6 nitrogen and oxygen atoms in total. The van der Waals surface area contributed by atoms with Crippen LogP contribution in [0.4, 0.5) is 0 Å². The fraction of sp³-hybridized carbons (Fsp3) is 0.200. The number of carbonyl (C=O) groups is 2. The first-order valence-electron chi connectivity index (χ1n) is 2.80. The SMILES string of the molecule is C=CC(C(=O)NN)C(=O)NN. The molecule has 2 amide bonds. The van der Waals surface area contributed by atoms with Crippen molar-refractivity contribution in [2.24, 2.45) is 17.6 Å². The molecule has 0 aliphatic rings. The zero-order valence-corrected chi connectivity index (χ0v) is 5.83. The number of hydrogen-bond acceptors (Lipinski definition) is 4. The summed E-state index contributed by atoms with van der Waals surface area (Å²) in [4.78, 5) is 21.4. The van der Waals surface area contributed by atoms with Gasteiger partial charge in [-0.05, 0) is 0 Å². The number of hydrogen-bond donors (Lipinski definition) is 4. The van der Waals surface area contributed by atoms with Gasteiger partial charge in [-0.1, -0.05) is 6.08 Å². The van der Waals surface area contributed by atoms with Gasteiger partial charge in [0.25, 0.3) is 0 Å². The third-order valence-corrected chi connectivity index (χ3v) is 1.09. The van der Waals surface area contributed by atoms with Crippen molar-refractivity contribution < 1.29 is 9.59 Å². The van der Waals surface area contributed by atoms with Crippen molar-refractivity contribution in [1.29, 1.82) is 0 Å². The lowest BCUT2D eigenvalue weighted by Crippen LogP contribution is -2.45. The Labute approximate surface area is 63.6 Å². The zero-order chi connectivity index (χ0) is 8.85. The van der Waals surface area contributed by atoms with Gasteiger partial charge < -0.3 is 0 Å². The van der Waals surface area contributed by atoms with Crippen LogP contribution in [0.2, 0.25) is 0 Å². The summed E-state index contributed by atoms with van der Waals surface area (Å²) in [7, 11) is 0. The Kier molecular flexibility index (Phi) is 3.86. The Balaban J connectivity index is 4.27. The van der Waals surface area contributed by atoms with E-state index in [1.165, 1.54) is 0 Å². The fourth-order valence-corrected chi connectivity index (χ4v) is 0.513. The second-order valence-corrected chi connectivity index (χ2v) is 1.73. The fourth-order valence-electron chi connectivity index (χ4n) is 0.513. The van der Waals surface area contributed by atoms with E-state index in [2.05, 4.69) is 6.58 Å². The highest BCUT2D eigenvalue weighted by atomic mass is 16.2. The van der Waals surface area contributed by atoms with Crippen molar-refractivity contribution in [2.75, 3.05) is 0 Å². The molecular weight excluding hydrogens is 148 g/mol. The van der Waals surface area contributed by atoms with Crippen LogP contribution in [0.25, 0.3) is 0 Å². The lowest BCUT2D eigenvalue weighted by molar-refractivity contribution is -0.133. The Bertz CT molecular complexity index is 163. The van der Waals surface area contributed by atoms with E-state index in [0.29, 0.717) is 0 Å². The van der Waals surface area contributed by atoms with Crippen LogP contribution in [0, 0.1) is 5.92 Å². The molecular formula is C5H10N4O2. The van der Waals surface area contributed by atoms with Gasteiger partial charge in [0, 0.05) is 0 Å². The third-order valence-electron chi connectivity index (χ3n) is 1.09. The summed E-state index contributed by atoms with van der Waals surface area (Å²) in [5.74, 6) is 7.21. The molecule has 0 aromatic carbocycles. The second-order valence-electron chi connectivity index (χ2n) is 1.73. The predicted octanol–water partition coefficient (Wildman–Crippen LogP) is -2.23. The highest BCUT2D eigenvalue weighted by molar-refractivity contribution is 6.01. The average molecular weight is 158 g/mol. The van der Waals surface area contributed by atoms with Crippen molar-refractivity contribution in [1.82, 2.24) is 10.9 Å². The largest absolute Gasteiger partial charge is 0.293 e. The molecule has 0 aromatic heterocycles. The predicted molar refractivity (Wildman–Crippen MR) is 38.3 cm³/mol. The molecule has 0 bridgehead atoms. The number of rotatable bonds is 3. The van der Waals surface area contributed by atoms with Crippen LogP contribution in [0.1, 0.15) is 0 Å². The van der Waals surface area contributed by atoms with E-state index in [9.17, 15) is 9.59 Å². The molecule has 6 N–H and O–H groups in total. The van der Waals surface area contributed by atoms with Gasteiger partial charge in [0.2, 0.25) is 11.8 Å². The third kappa shape index (κ3) is 2.36. The standard InChI is InChI=1S/C5H10N4O2/c1-2-3(4(10)8-6)5(11)9-7/h2-3H,1,6-7H2,(H,8,10)(H,9,11). The monoisotopic (exact) mass is 158 g/mol. The number of nitrogens with one attached hydrogen (secondary N) is 2. The molecule has 0 heterocycles. The van der Waals surface area contributed by atoms with E-state index < -0.39 is 17.7 Å². The van der Waals surface area contributed by atoms with E-state index in [4.69, 9.17) is 11.7 Å². The van der Waals surface area contributed by atoms with Crippen LogP contribution in [0.15, 0.2) is 12.7 Å². The lowest BCUT2D eigenvalue weighted by Gasteiger charge is -2.07. The highest BCUT2D eigenvalue weighted by Gasteiger charge is 2.20. The van der Waals surface area contributed by atoms with Crippen LogP contribution < -0.4 is 22.5 Å². The van der Waals surface area contributed by atoms with Gasteiger partial charge in [-0.2, -0.15) is 0 Å². The summed E-state index contributed by atoms with van der Waals surface area (Å²) in [6.07, 6.45) is 1.14. The van der Waals surface area contributed by atoms with Gasteiger partial charge in [0.05, 0.1) is 0 Å². The van der Waals surface area contributed by atoms with Gasteiger partial charge in [-0.15, -0.1) is 6.58 Å². The topological polar surface area (TPSA) is 110 Å². The van der Waals surface area contributed by atoms with E-state index in [1.54, 1.807) is 10.9 Å². The maximum atomic E-state index is 10.7. The molecule has 0 fully saturated rings. The maximum absolute atomic E-state index is 10.7. The van der Waals surface area contributed by atoms with Crippen molar-refractivity contribution in [3.63, 3.8) is 0 Å². The molecule has 0 radical (unpaired) electrons. The summed E-state index contributed by atoms with van der Waals surface area (Å²) in [6.45, 7) is 3.27. The lowest BCUT2D eigenvalue weighted by atomic mass is 10.1. The Morgan fingerprint density at radius 1 is 1.27 bits per heavy atom. The molecule has 0 aliphatic carbocycles. The first kappa shape index (κ1) is 9.60. The molecule has 62 valence electrons. The molecule has 0 saturated heterocycles. The quantitative estimate of drug-likeness (QED) is 0.122. The van der Waals surface area contributed by atoms with Crippen molar-refractivity contribution in [2.45, 2.75) is 0 Å². The molecule has 0 atom stereocenters. The van der Waals surface area contributed by atoms with Crippen LogP contribution in [-0.4, -0.2) is 11.8 Å². The molecule has 6 heteroatoms. The summed E-state index contributed by atoms with van der Waals surface area (Å²) >= 11 is 0. The summed E-state index contributed by atoms with van der Waals surface area (Å²) in [5.41, 5.74) is 3.61. The average Bonchev–Trinajstić information content (AvgIpc) is 2.05. The number of hydrazine groups is 2. The van der Waals surface area contributed by atoms with Crippen LogP contribution in [0.5, 0.6) is 0 Å². The Hall–Kier alpha value is -1.40. The van der Waals surface area contributed by atoms with Crippen molar-refractivity contribution in [3.05, 3.63) is 12.7 Å². The summed E-state index contributed by atoms with van der Waals surface area (Å²) in [5, 5.41) is 0. The minimum Gasteiger partial charge on any atom is -0.293 e. The molecule has 0 aliphatic heterocycles. The van der Waals surface area contributed by atoms with Crippen LogP contribution >= 0.6 is 0 Å². The molecule has 0 aromatic rings.